The summed E-state index contributed by atoms with van der Waals surface area (Å²) in [4.78, 5) is 25.2. The van der Waals surface area contributed by atoms with Gasteiger partial charge in [-0.05, 0) is 48.7 Å². The smallest absolute Gasteiger partial charge is 0.267 e. The van der Waals surface area contributed by atoms with E-state index < -0.39 is 0 Å². The molecule has 33 heavy (non-hydrogen) atoms. The Morgan fingerprint density at radius 2 is 1.91 bits per heavy atom. The number of rotatable bonds is 8. The first-order valence-electron chi connectivity index (χ1n) is 11.0. The molecule has 2 heterocycles. The fraction of sp³-hybridized carbons (Fsp3) is 0.269. The number of anilines is 1. The molecule has 0 saturated heterocycles. The second kappa shape index (κ2) is 9.73. The van der Waals surface area contributed by atoms with Crippen molar-refractivity contribution in [1.29, 1.82) is 0 Å². The van der Waals surface area contributed by atoms with Gasteiger partial charge in [0, 0.05) is 29.8 Å². The Labute approximate surface area is 192 Å². The highest BCUT2D eigenvalue weighted by Gasteiger charge is 2.12. The third-order valence-corrected chi connectivity index (χ3v) is 5.56. The molecular weight excluding hydrogens is 416 g/mol. The Kier molecular flexibility index (Phi) is 6.58. The number of aromatic nitrogens is 3. The van der Waals surface area contributed by atoms with Crippen LogP contribution >= 0.6 is 0 Å². The van der Waals surface area contributed by atoms with Crippen LogP contribution in [0.15, 0.2) is 71.7 Å². The Morgan fingerprint density at radius 1 is 1.09 bits per heavy atom. The number of nitrogens with zero attached hydrogens (tertiary/aromatic N) is 3. The minimum Gasteiger partial charge on any atom is -0.497 e. The van der Waals surface area contributed by atoms with Gasteiger partial charge in [0.1, 0.15) is 12.3 Å². The fourth-order valence-electron chi connectivity index (χ4n) is 3.75. The molecule has 0 saturated carbocycles. The van der Waals surface area contributed by atoms with E-state index in [9.17, 15) is 9.59 Å². The summed E-state index contributed by atoms with van der Waals surface area (Å²) in [6.45, 7) is 5.16. The summed E-state index contributed by atoms with van der Waals surface area (Å²) in [6.07, 6.45) is 3.13. The van der Waals surface area contributed by atoms with Crippen LogP contribution in [0, 0.1) is 5.92 Å². The molecule has 1 N–H and O–H groups in total. The standard InChI is InChI=1S/C26H28N4O3/c1-18(2)12-14-29-15-13-21-23(8-5-9-24(21)29)27-25(31)17-30-26(32)11-10-22(28-30)19-6-4-7-20(16-19)33-3/h4-11,13,15-16,18H,12,14,17H2,1-3H3,(H,27,31). The molecular formula is C26H28N4O3. The van der Waals surface area contributed by atoms with Crippen molar-refractivity contribution in [2.75, 3.05) is 12.4 Å². The fourth-order valence-corrected chi connectivity index (χ4v) is 3.75. The van der Waals surface area contributed by atoms with Crippen LogP contribution in [0.2, 0.25) is 0 Å². The molecule has 4 rings (SSSR count). The molecule has 0 unspecified atom stereocenters. The van der Waals surface area contributed by atoms with Crippen LogP contribution in [0.4, 0.5) is 5.69 Å². The maximum absolute atomic E-state index is 12.8. The van der Waals surface area contributed by atoms with Crippen LogP contribution in [-0.4, -0.2) is 27.4 Å². The highest BCUT2D eigenvalue weighted by Crippen LogP contribution is 2.25. The van der Waals surface area contributed by atoms with Crippen molar-refractivity contribution in [2.24, 2.45) is 5.92 Å². The zero-order valence-electron chi connectivity index (χ0n) is 19.1. The van der Waals surface area contributed by atoms with Gasteiger partial charge in [0.05, 0.1) is 24.0 Å². The summed E-state index contributed by atoms with van der Waals surface area (Å²) in [7, 11) is 1.59. The molecule has 2 aromatic carbocycles. The second-order valence-corrected chi connectivity index (χ2v) is 8.42. The van der Waals surface area contributed by atoms with Crippen molar-refractivity contribution in [2.45, 2.75) is 33.4 Å². The van der Waals surface area contributed by atoms with E-state index in [2.05, 4.69) is 34.9 Å². The lowest BCUT2D eigenvalue weighted by molar-refractivity contribution is -0.117. The average Bonchev–Trinajstić information content (AvgIpc) is 3.23. The molecule has 0 spiro atoms. The van der Waals surface area contributed by atoms with Gasteiger partial charge in [0.15, 0.2) is 0 Å². The van der Waals surface area contributed by atoms with E-state index >= 15 is 0 Å². The average molecular weight is 445 g/mol. The number of carbonyl (C=O) groups excluding carboxylic acids is 1. The predicted molar refractivity (Wildman–Crippen MR) is 131 cm³/mol. The molecule has 0 aliphatic carbocycles. The molecule has 0 aliphatic rings. The van der Waals surface area contributed by atoms with Crippen LogP contribution in [0.25, 0.3) is 22.2 Å². The maximum Gasteiger partial charge on any atom is 0.267 e. The Hall–Kier alpha value is -3.87. The van der Waals surface area contributed by atoms with Gasteiger partial charge in [0.25, 0.3) is 5.56 Å². The van der Waals surface area contributed by atoms with Crippen molar-refractivity contribution in [3.63, 3.8) is 0 Å². The monoisotopic (exact) mass is 444 g/mol. The molecule has 7 heteroatoms. The van der Waals surface area contributed by atoms with E-state index in [1.165, 1.54) is 10.7 Å². The molecule has 7 nitrogen and oxygen atoms in total. The van der Waals surface area contributed by atoms with Crippen LogP contribution in [0.5, 0.6) is 5.75 Å². The quantitative estimate of drug-likeness (QED) is 0.432. The SMILES string of the molecule is COc1cccc(-c2ccc(=O)n(CC(=O)Nc3cccc4c3ccn4CCC(C)C)n2)c1. The maximum atomic E-state index is 12.8. The third kappa shape index (κ3) is 5.14. The molecule has 0 aliphatic heterocycles. The number of methoxy groups -OCH3 is 1. The van der Waals surface area contributed by atoms with E-state index in [1.54, 1.807) is 13.2 Å². The summed E-state index contributed by atoms with van der Waals surface area (Å²) >= 11 is 0. The van der Waals surface area contributed by atoms with Crippen molar-refractivity contribution in [3.05, 3.63) is 77.2 Å². The molecule has 170 valence electrons. The predicted octanol–water partition coefficient (Wildman–Crippen LogP) is 4.56. The van der Waals surface area contributed by atoms with Gasteiger partial charge >= 0.3 is 0 Å². The van der Waals surface area contributed by atoms with Gasteiger partial charge in [-0.1, -0.05) is 32.0 Å². The van der Waals surface area contributed by atoms with Crippen molar-refractivity contribution in [1.82, 2.24) is 14.3 Å². The Morgan fingerprint density at radius 3 is 2.70 bits per heavy atom. The Balaban J connectivity index is 1.53. The lowest BCUT2D eigenvalue weighted by Gasteiger charge is -2.11. The molecule has 4 aromatic rings. The number of nitrogens with one attached hydrogen (secondary N) is 1. The topological polar surface area (TPSA) is 78.1 Å². The lowest BCUT2D eigenvalue weighted by Crippen LogP contribution is -2.29. The number of carbonyl (C=O) groups is 1. The van der Waals surface area contributed by atoms with E-state index in [0.29, 0.717) is 17.4 Å². The molecule has 0 fully saturated rings. The van der Waals surface area contributed by atoms with Gasteiger partial charge in [-0.2, -0.15) is 5.10 Å². The van der Waals surface area contributed by atoms with Gasteiger partial charge in [-0.3, -0.25) is 9.59 Å². The van der Waals surface area contributed by atoms with Gasteiger partial charge in [0.2, 0.25) is 5.91 Å². The summed E-state index contributed by atoms with van der Waals surface area (Å²) < 4.78 is 8.64. The summed E-state index contributed by atoms with van der Waals surface area (Å²) in [6, 6.07) is 18.3. The first-order valence-corrected chi connectivity index (χ1v) is 11.0. The first kappa shape index (κ1) is 22.3. The minimum atomic E-state index is -0.338. The van der Waals surface area contributed by atoms with Crippen LogP contribution < -0.4 is 15.6 Å². The number of fused-ring (bicyclic) bond motifs is 1. The number of ether oxygens (including phenoxy) is 1. The van der Waals surface area contributed by atoms with Crippen LogP contribution in [-0.2, 0) is 17.9 Å². The van der Waals surface area contributed by atoms with Gasteiger partial charge in [-0.15, -0.1) is 0 Å². The molecule has 1 amide bonds. The van der Waals surface area contributed by atoms with E-state index in [-0.39, 0.29) is 18.0 Å². The third-order valence-electron chi connectivity index (χ3n) is 5.56. The van der Waals surface area contributed by atoms with E-state index in [1.807, 2.05) is 48.7 Å². The molecule has 0 bridgehead atoms. The first-order chi connectivity index (χ1) is 15.9. The van der Waals surface area contributed by atoms with Crippen molar-refractivity contribution < 1.29 is 9.53 Å². The molecule has 0 radical (unpaired) electrons. The zero-order chi connectivity index (χ0) is 23.4. The Bertz CT molecular complexity index is 1340. The second-order valence-electron chi connectivity index (χ2n) is 8.42. The normalized spacial score (nSPS) is 11.2. The number of benzene rings is 2. The number of amides is 1. The van der Waals surface area contributed by atoms with Crippen molar-refractivity contribution in [3.8, 4) is 17.0 Å². The van der Waals surface area contributed by atoms with Crippen LogP contribution in [0.1, 0.15) is 20.3 Å². The highest BCUT2D eigenvalue weighted by molar-refractivity contribution is 6.01. The van der Waals surface area contributed by atoms with Gasteiger partial charge in [-0.25, -0.2) is 4.68 Å². The van der Waals surface area contributed by atoms with Crippen LogP contribution in [0.3, 0.4) is 0 Å². The zero-order valence-corrected chi connectivity index (χ0v) is 19.1. The van der Waals surface area contributed by atoms with E-state index in [0.717, 1.165) is 35.1 Å². The highest BCUT2D eigenvalue weighted by atomic mass is 16.5. The van der Waals surface area contributed by atoms with Gasteiger partial charge < -0.3 is 14.6 Å². The summed E-state index contributed by atoms with van der Waals surface area (Å²) in [5, 5.41) is 8.31. The minimum absolute atomic E-state index is 0.179. The number of hydrogen-bond donors (Lipinski definition) is 1. The molecule has 2 aromatic heterocycles. The lowest BCUT2D eigenvalue weighted by atomic mass is 10.1. The van der Waals surface area contributed by atoms with Crippen molar-refractivity contribution >= 4 is 22.5 Å². The summed E-state index contributed by atoms with van der Waals surface area (Å²) in [5.41, 5.74) is 2.85. The number of aryl methyl sites for hydroxylation is 1. The number of hydrogen-bond acceptors (Lipinski definition) is 4. The molecule has 0 atom stereocenters. The largest absolute Gasteiger partial charge is 0.497 e. The summed E-state index contributed by atoms with van der Waals surface area (Å²) in [5.74, 6) is 0.997. The van der Waals surface area contributed by atoms with E-state index in [4.69, 9.17) is 4.74 Å².